The molecule has 1 fully saturated rings. The Morgan fingerprint density at radius 1 is 1.56 bits per heavy atom. The highest BCUT2D eigenvalue weighted by Crippen LogP contribution is 2.33. The third-order valence-corrected chi connectivity index (χ3v) is 3.39. The summed E-state index contributed by atoms with van der Waals surface area (Å²) in [6.07, 6.45) is 5.25. The van der Waals surface area contributed by atoms with Crippen LogP contribution in [0.2, 0.25) is 5.02 Å². The number of hydrogen-bond donors (Lipinski definition) is 1. The molecular formula is C14H16ClNO2. The van der Waals surface area contributed by atoms with Crippen LogP contribution in [0.1, 0.15) is 18.4 Å². The van der Waals surface area contributed by atoms with Crippen LogP contribution in [-0.4, -0.2) is 24.7 Å². The zero-order valence-electron chi connectivity index (χ0n) is 10.3. The lowest BCUT2D eigenvalue weighted by atomic mass is 10.1. The average Bonchev–Trinajstić information content (AvgIpc) is 3.10. The maximum absolute atomic E-state index is 10.6. The Balaban J connectivity index is 2.26. The Hall–Kier alpha value is -1.48. The first-order chi connectivity index (χ1) is 8.58. The SMILES string of the molecule is CN(CC1CC1)c1cccc(Cl)c1/C=C/C(=O)O. The van der Waals surface area contributed by atoms with Gasteiger partial charge in [0.25, 0.3) is 0 Å². The van der Waals surface area contributed by atoms with E-state index in [2.05, 4.69) is 4.90 Å². The molecule has 0 aromatic heterocycles. The number of hydrogen-bond acceptors (Lipinski definition) is 2. The third-order valence-electron chi connectivity index (χ3n) is 3.06. The van der Waals surface area contributed by atoms with E-state index in [1.807, 2.05) is 19.2 Å². The van der Waals surface area contributed by atoms with Crippen molar-refractivity contribution in [2.45, 2.75) is 12.8 Å². The van der Waals surface area contributed by atoms with E-state index in [4.69, 9.17) is 16.7 Å². The van der Waals surface area contributed by atoms with Gasteiger partial charge >= 0.3 is 5.97 Å². The summed E-state index contributed by atoms with van der Waals surface area (Å²) in [5.41, 5.74) is 1.75. The van der Waals surface area contributed by atoms with Gasteiger partial charge in [-0.3, -0.25) is 0 Å². The fraction of sp³-hybridized carbons (Fsp3) is 0.357. The van der Waals surface area contributed by atoms with Crippen molar-refractivity contribution in [1.82, 2.24) is 0 Å². The Bertz CT molecular complexity index is 481. The van der Waals surface area contributed by atoms with Gasteiger partial charge in [-0.2, -0.15) is 0 Å². The molecule has 96 valence electrons. The van der Waals surface area contributed by atoms with E-state index in [0.717, 1.165) is 29.8 Å². The molecule has 0 unspecified atom stereocenters. The number of carboxylic acid groups (broad SMARTS) is 1. The minimum absolute atomic E-state index is 0.577. The summed E-state index contributed by atoms with van der Waals surface area (Å²) >= 11 is 6.14. The molecule has 0 aliphatic heterocycles. The molecular weight excluding hydrogens is 250 g/mol. The Morgan fingerprint density at radius 3 is 2.89 bits per heavy atom. The quantitative estimate of drug-likeness (QED) is 0.831. The molecule has 0 spiro atoms. The van der Waals surface area contributed by atoms with E-state index >= 15 is 0 Å². The molecule has 0 heterocycles. The van der Waals surface area contributed by atoms with Gasteiger partial charge in [0.1, 0.15) is 0 Å². The van der Waals surface area contributed by atoms with Crippen molar-refractivity contribution in [2.75, 3.05) is 18.5 Å². The number of anilines is 1. The fourth-order valence-corrected chi connectivity index (χ4v) is 2.20. The van der Waals surface area contributed by atoms with Gasteiger partial charge in [0.2, 0.25) is 0 Å². The fourth-order valence-electron chi connectivity index (χ4n) is 1.96. The molecule has 0 atom stereocenters. The maximum Gasteiger partial charge on any atom is 0.328 e. The van der Waals surface area contributed by atoms with Gasteiger partial charge in [0.05, 0.1) is 0 Å². The van der Waals surface area contributed by atoms with Crippen molar-refractivity contribution in [3.05, 3.63) is 34.9 Å². The van der Waals surface area contributed by atoms with Gasteiger partial charge in [-0.1, -0.05) is 17.7 Å². The molecule has 0 saturated heterocycles. The molecule has 1 aromatic rings. The molecule has 1 aliphatic carbocycles. The van der Waals surface area contributed by atoms with E-state index < -0.39 is 5.97 Å². The van der Waals surface area contributed by atoms with Gasteiger partial charge in [-0.25, -0.2) is 4.79 Å². The highest BCUT2D eigenvalue weighted by atomic mass is 35.5. The lowest BCUT2D eigenvalue weighted by Crippen LogP contribution is -2.20. The van der Waals surface area contributed by atoms with Crippen LogP contribution in [0.5, 0.6) is 0 Å². The molecule has 18 heavy (non-hydrogen) atoms. The Morgan fingerprint density at radius 2 is 2.28 bits per heavy atom. The van der Waals surface area contributed by atoms with Gasteiger partial charge in [0.15, 0.2) is 0 Å². The summed E-state index contributed by atoms with van der Waals surface area (Å²) in [6, 6.07) is 5.63. The smallest absolute Gasteiger partial charge is 0.328 e. The standard InChI is InChI=1S/C14H16ClNO2/c1-16(9-10-5-6-10)13-4-2-3-12(15)11(13)7-8-14(17)18/h2-4,7-8,10H,5-6,9H2,1H3,(H,17,18)/b8-7+. The number of carbonyl (C=O) groups is 1. The summed E-state index contributed by atoms with van der Waals surface area (Å²) in [6.45, 7) is 0.994. The van der Waals surface area contributed by atoms with E-state index in [1.54, 1.807) is 12.1 Å². The number of rotatable bonds is 5. The molecule has 1 N–H and O–H groups in total. The first kappa shape index (κ1) is 13.0. The molecule has 1 aliphatic rings. The molecule has 1 aromatic carbocycles. The summed E-state index contributed by atoms with van der Waals surface area (Å²) in [5.74, 6) is -0.198. The van der Waals surface area contributed by atoms with Crippen LogP contribution in [0.3, 0.4) is 0 Å². The largest absolute Gasteiger partial charge is 0.478 e. The normalized spacial score (nSPS) is 15.0. The summed E-state index contributed by atoms with van der Waals surface area (Å²) in [4.78, 5) is 12.8. The van der Waals surface area contributed by atoms with Gasteiger partial charge in [-0.05, 0) is 37.0 Å². The summed E-state index contributed by atoms with van der Waals surface area (Å²) in [7, 11) is 2.02. The minimum Gasteiger partial charge on any atom is -0.478 e. The van der Waals surface area contributed by atoms with E-state index in [1.165, 1.54) is 12.8 Å². The van der Waals surface area contributed by atoms with Gasteiger partial charge in [0, 0.05) is 35.9 Å². The monoisotopic (exact) mass is 265 g/mol. The molecule has 0 bridgehead atoms. The number of nitrogens with zero attached hydrogens (tertiary/aromatic N) is 1. The van der Waals surface area contributed by atoms with Crippen LogP contribution in [0.25, 0.3) is 6.08 Å². The van der Waals surface area contributed by atoms with Gasteiger partial charge in [-0.15, -0.1) is 0 Å². The van der Waals surface area contributed by atoms with Crippen LogP contribution in [0, 0.1) is 5.92 Å². The molecule has 1 saturated carbocycles. The second-order valence-corrected chi connectivity index (χ2v) is 5.08. The van der Waals surface area contributed by atoms with Crippen molar-refractivity contribution in [1.29, 1.82) is 0 Å². The van der Waals surface area contributed by atoms with E-state index in [-0.39, 0.29) is 0 Å². The predicted molar refractivity (Wildman–Crippen MR) is 74.1 cm³/mol. The van der Waals surface area contributed by atoms with Crippen molar-refractivity contribution in [2.24, 2.45) is 5.92 Å². The summed E-state index contributed by atoms with van der Waals surface area (Å²) in [5, 5.41) is 9.28. The highest BCUT2D eigenvalue weighted by Gasteiger charge is 2.23. The average molecular weight is 266 g/mol. The molecule has 4 heteroatoms. The number of carboxylic acids is 1. The lowest BCUT2D eigenvalue weighted by Gasteiger charge is -2.22. The van der Waals surface area contributed by atoms with Crippen LogP contribution in [0.4, 0.5) is 5.69 Å². The Kier molecular flexibility index (Phi) is 3.92. The molecule has 3 nitrogen and oxygen atoms in total. The first-order valence-corrected chi connectivity index (χ1v) is 6.36. The second kappa shape index (κ2) is 5.44. The zero-order valence-corrected chi connectivity index (χ0v) is 11.0. The number of benzene rings is 1. The van der Waals surface area contributed by atoms with E-state index in [0.29, 0.717) is 5.02 Å². The van der Waals surface area contributed by atoms with Crippen molar-refractivity contribution >= 4 is 29.3 Å². The Labute approximate surface area is 112 Å². The first-order valence-electron chi connectivity index (χ1n) is 5.98. The van der Waals surface area contributed by atoms with Crippen LogP contribution >= 0.6 is 11.6 Å². The van der Waals surface area contributed by atoms with Crippen LogP contribution < -0.4 is 4.90 Å². The van der Waals surface area contributed by atoms with E-state index in [9.17, 15) is 4.79 Å². The minimum atomic E-state index is -0.967. The molecule has 2 rings (SSSR count). The second-order valence-electron chi connectivity index (χ2n) is 4.67. The zero-order chi connectivity index (χ0) is 13.1. The van der Waals surface area contributed by atoms with Crippen LogP contribution in [-0.2, 0) is 4.79 Å². The third kappa shape index (κ3) is 3.26. The van der Waals surface area contributed by atoms with Crippen molar-refractivity contribution < 1.29 is 9.90 Å². The lowest BCUT2D eigenvalue weighted by molar-refractivity contribution is -0.131. The highest BCUT2D eigenvalue weighted by molar-refractivity contribution is 6.32. The number of halogens is 1. The van der Waals surface area contributed by atoms with Gasteiger partial charge < -0.3 is 10.0 Å². The van der Waals surface area contributed by atoms with Crippen molar-refractivity contribution in [3.63, 3.8) is 0 Å². The topological polar surface area (TPSA) is 40.5 Å². The van der Waals surface area contributed by atoms with Crippen molar-refractivity contribution in [3.8, 4) is 0 Å². The maximum atomic E-state index is 10.6. The number of aliphatic carboxylic acids is 1. The molecule has 0 amide bonds. The molecule has 0 radical (unpaired) electrons. The van der Waals surface area contributed by atoms with Crippen LogP contribution in [0.15, 0.2) is 24.3 Å². The summed E-state index contributed by atoms with van der Waals surface area (Å²) < 4.78 is 0. The predicted octanol–water partition coefficient (Wildman–Crippen LogP) is 3.28.